The molecule has 0 amide bonds. The predicted octanol–water partition coefficient (Wildman–Crippen LogP) is 2.89. The van der Waals surface area contributed by atoms with Crippen LogP contribution in [0.5, 0.6) is 0 Å². The third-order valence-corrected chi connectivity index (χ3v) is 3.82. The number of hydrogen-bond donors (Lipinski definition) is 3. The van der Waals surface area contributed by atoms with Gasteiger partial charge in [0.15, 0.2) is 0 Å². The quantitative estimate of drug-likeness (QED) is 0.670. The second-order valence-corrected chi connectivity index (χ2v) is 5.18. The van der Waals surface area contributed by atoms with Crippen molar-refractivity contribution in [3.05, 3.63) is 41.9 Å². The maximum Gasteiger partial charge on any atom is 0.140 e. The van der Waals surface area contributed by atoms with Crippen molar-refractivity contribution in [1.82, 2.24) is 15.0 Å². The van der Waals surface area contributed by atoms with Crippen LogP contribution >= 0.6 is 0 Å². The molecule has 2 aromatic heterocycles. The highest BCUT2D eigenvalue weighted by atomic mass is 15.0. The van der Waals surface area contributed by atoms with Crippen LogP contribution in [0.15, 0.2) is 30.5 Å². The number of hydrogen-bond acceptors (Lipinski definition) is 2. The molecular weight excluding hydrogens is 236 g/mol. The maximum absolute atomic E-state index is 5.82. The second-order valence-electron chi connectivity index (χ2n) is 5.18. The molecule has 4 nitrogen and oxygen atoms in total. The van der Waals surface area contributed by atoms with Gasteiger partial charge >= 0.3 is 0 Å². The molecule has 4 heteroatoms. The Labute approximate surface area is 111 Å². The standard InChI is InChI=1S/C15H16N4/c16-7-13-14(9-5-6-9)19-15(18-13)11-8-17-12-4-2-1-3-10(11)12/h1-4,8-9,17H,5-7,16H2,(H,18,19). The van der Waals surface area contributed by atoms with E-state index in [1.165, 1.54) is 23.9 Å². The van der Waals surface area contributed by atoms with Gasteiger partial charge in [-0.3, -0.25) is 0 Å². The Morgan fingerprint density at radius 3 is 2.89 bits per heavy atom. The van der Waals surface area contributed by atoms with Crippen LogP contribution in [-0.2, 0) is 6.54 Å². The zero-order valence-corrected chi connectivity index (χ0v) is 10.6. The number of aromatic amines is 2. The van der Waals surface area contributed by atoms with Gasteiger partial charge in [0, 0.05) is 35.1 Å². The fourth-order valence-electron chi connectivity index (χ4n) is 2.67. The van der Waals surface area contributed by atoms with Crippen LogP contribution in [0.3, 0.4) is 0 Å². The Bertz CT molecular complexity index is 734. The minimum absolute atomic E-state index is 0.529. The first-order chi connectivity index (χ1) is 9.36. The molecule has 1 fully saturated rings. The highest BCUT2D eigenvalue weighted by Gasteiger charge is 2.29. The third kappa shape index (κ3) is 1.68. The summed E-state index contributed by atoms with van der Waals surface area (Å²) in [6.07, 6.45) is 4.50. The highest BCUT2D eigenvalue weighted by Crippen LogP contribution is 2.41. The highest BCUT2D eigenvalue weighted by molar-refractivity contribution is 5.93. The molecule has 0 bridgehead atoms. The lowest BCUT2D eigenvalue weighted by molar-refractivity contribution is 0.944. The van der Waals surface area contributed by atoms with Gasteiger partial charge in [-0.25, -0.2) is 4.98 Å². The molecule has 2 heterocycles. The zero-order chi connectivity index (χ0) is 12.8. The summed E-state index contributed by atoms with van der Waals surface area (Å²) in [7, 11) is 0. The van der Waals surface area contributed by atoms with Gasteiger partial charge in [-0.05, 0) is 18.9 Å². The van der Waals surface area contributed by atoms with Crippen molar-refractivity contribution in [2.45, 2.75) is 25.3 Å². The number of fused-ring (bicyclic) bond motifs is 1. The molecular formula is C15H16N4. The fraction of sp³-hybridized carbons (Fsp3) is 0.267. The normalized spacial score (nSPS) is 15.2. The van der Waals surface area contributed by atoms with E-state index in [1.807, 2.05) is 18.3 Å². The number of aromatic nitrogens is 3. The van der Waals surface area contributed by atoms with E-state index in [1.54, 1.807) is 0 Å². The van der Waals surface area contributed by atoms with E-state index in [2.05, 4.69) is 22.1 Å². The molecule has 1 aliphatic rings. The van der Waals surface area contributed by atoms with Crippen molar-refractivity contribution in [2.75, 3.05) is 0 Å². The average Bonchev–Trinajstić information content (AvgIpc) is 3.06. The fourth-order valence-corrected chi connectivity index (χ4v) is 2.67. The molecule has 0 spiro atoms. The van der Waals surface area contributed by atoms with Crippen LogP contribution in [0.1, 0.15) is 30.1 Å². The zero-order valence-electron chi connectivity index (χ0n) is 10.6. The van der Waals surface area contributed by atoms with Crippen molar-refractivity contribution >= 4 is 10.9 Å². The third-order valence-electron chi connectivity index (χ3n) is 3.82. The molecule has 0 radical (unpaired) electrons. The van der Waals surface area contributed by atoms with E-state index in [9.17, 15) is 0 Å². The first-order valence-electron chi connectivity index (χ1n) is 6.72. The Morgan fingerprint density at radius 1 is 1.26 bits per heavy atom. The smallest absolute Gasteiger partial charge is 0.140 e. The molecule has 0 atom stereocenters. The van der Waals surface area contributed by atoms with Gasteiger partial charge in [0.05, 0.1) is 11.4 Å². The van der Waals surface area contributed by atoms with E-state index in [0.717, 1.165) is 22.6 Å². The van der Waals surface area contributed by atoms with Crippen LogP contribution in [0.4, 0.5) is 0 Å². The Balaban J connectivity index is 1.87. The van der Waals surface area contributed by atoms with E-state index < -0.39 is 0 Å². The van der Waals surface area contributed by atoms with Crippen LogP contribution in [0, 0.1) is 0 Å². The molecule has 4 N–H and O–H groups in total. The summed E-state index contributed by atoms with van der Waals surface area (Å²) in [4.78, 5) is 11.5. The number of para-hydroxylation sites is 1. The van der Waals surface area contributed by atoms with Crippen molar-refractivity contribution in [1.29, 1.82) is 0 Å². The van der Waals surface area contributed by atoms with Crippen molar-refractivity contribution in [2.24, 2.45) is 5.73 Å². The molecule has 96 valence electrons. The molecule has 0 saturated heterocycles. The summed E-state index contributed by atoms with van der Waals surface area (Å²) in [6, 6.07) is 8.27. The first kappa shape index (κ1) is 10.8. The minimum atomic E-state index is 0.529. The molecule has 4 rings (SSSR count). The molecule has 1 aromatic carbocycles. The van der Waals surface area contributed by atoms with E-state index >= 15 is 0 Å². The van der Waals surface area contributed by atoms with Crippen LogP contribution in [0.25, 0.3) is 22.3 Å². The summed E-state index contributed by atoms with van der Waals surface area (Å²) in [6.45, 7) is 0.529. The summed E-state index contributed by atoms with van der Waals surface area (Å²) < 4.78 is 0. The molecule has 19 heavy (non-hydrogen) atoms. The predicted molar refractivity (Wildman–Crippen MR) is 75.7 cm³/mol. The molecule has 1 aliphatic carbocycles. The summed E-state index contributed by atoms with van der Waals surface area (Å²) in [5, 5.41) is 1.20. The van der Waals surface area contributed by atoms with Crippen molar-refractivity contribution in [3.63, 3.8) is 0 Å². The molecule has 3 aromatic rings. The summed E-state index contributed by atoms with van der Waals surface area (Å²) in [5.74, 6) is 1.55. The second kappa shape index (κ2) is 3.96. The lowest BCUT2D eigenvalue weighted by atomic mass is 10.2. The topological polar surface area (TPSA) is 70.5 Å². The number of nitrogens with one attached hydrogen (secondary N) is 2. The summed E-state index contributed by atoms with van der Waals surface area (Å²) in [5.41, 5.74) is 10.3. The van der Waals surface area contributed by atoms with Crippen LogP contribution in [0.2, 0.25) is 0 Å². The number of rotatable bonds is 3. The van der Waals surface area contributed by atoms with E-state index in [4.69, 9.17) is 10.7 Å². The number of nitrogens with zero attached hydrogens (tertiary/aromatic N) is 1. The number of benzene rings is 1. The minimum Gasteiger partial charge on any atom is -0.360 e. The number of imidazole rings is 1. The van der Waals surface area contributed by atoms with E-state index in [0.29, 0.717) is 12.5 Å². The van der Waals surface area contributed by atoms with Crippen molar-refractivity contribution < 1.29 is 0 Å². The van der Waals surface area contributed by atoms with Gasteiger partial charge in [-0.1, -0.05) is 18.2 Å². The van der Waals surface area contributed by atoms with Gasteiger partial charge in [-0.2, -0.15) is 0 Å². The van der Waals surface area contributed by atoms with Crippen LogP contribution in [-0.4, -0.2) is 15.0 Å². The van der Waals surface area contributed by atoms with Gasteiger partial charge in [0.25, 0.3) is 0 Å². The molecule has 0 aliphatic heterocycles. The molecule has 0 unspecified atom stereocenters. The summed E-state index contributed by atoms with van der Waals surface area (Å²) >= 11 is 0. The molecule has 1 saturated carbocycles. The first-order valence-corrected chi connectivity index (χ1v) is 6.72. The Morgan fingerprint density at radius 2 is 2.11 bits per heavy atom. The number of H-pyrrole nitrogens is 2. The van der Waals surface area contributed by atoms with Gasteiger partial charge in [0.1, 0.15) is 5.82 Å². The average molecular weight is 252 g/mol. The van der Waals surface area contributed by atoms with Gasteiger partial charge < -0.3 is 15.7 Å². The largest absolute Gasteiger partial charge is 0.360 e. The number of nitrogens with two attached hydrogens (primary N) is 1. The lowest BCUT2D eigenvalue weighted by Crippen LogP contribution is -1.99. The van der Waals surface area contributed by atoms with E-state index in [-0.39, 0.29) is 0 Å². The van der Waals surface area contributed by atoms with Gasteiger partial charge in [-0.15, -0.1) is 0 Å². The van der Waals surface area contributed by atoms with Crippen molar-refractivity contribution in [3.8, 4) is 11.4 Å². The monoisotopic (exact) mass is 252 g/mol. The maximum atomic E-state index is 5.82. The van der Waals surface area contributed by atoms with Gasteiger partial charge in [0.2, 0.25) is 0 Å². The Hall–Kier alpha value is -2.07. The van der Waals surface area contributed by atoms with Crippen LogP contribution < -0.4 is 5.73 Å². The lowest BCUT2D eigenvalue weighted by Gasteiger charge is -1.94. The Kier molecular flexibility index (Phi) is 2.26. The SMILES string of the molecule is NCc1[nH]c(-c2c[nH]c3ccccc23)nc1C1CC1.